The van der Waals surface area contributed by atoms with Gasteiger partial charge in [0.05, 0.1) is 18.5 Å². The lowest BCUT2D eigenvalue weighted by molar-refractivity contribution is -0.0522. The first-order valence-electron chi connectivity index (χ1n) is 18.2. The minimum atomic E-state index is -5.90. The summed E-state index contributed by atoms with van der Waals surface area (Å²) in [6.45, 7) is -1.72. The first kappa shape index (κ1) is 47.3. The monoisotopic (exact) mass is 985 g/mol. The number of phenolic OH excluding ortho intramolecular Hbond substituents is 1. The number of hydrogen-bond donors (Lipinski definition) is 12. The number of phosphoric acid groups is 3. The Morgan fingerprint density at radius 2 is 1.66 bits per heavy atom. The van der Waals surface area contributed by atoms with Gasteiger partial charge in [0, 0.05) is 47.5 Å². The molecule has 7 atom stereocenters. The number of aromatic nitrogens is 4. The number of benzene rings is 2. The number of thiol groups is 1. The third kappa shape index (κ3) is 10.7. The molecular formula is C34H34N7O20P3S. The minimum absolute atomic E-state index is 0.0147. The van der Waals surface area contributed by atoms with Crippen LogP contribution in [0.15, 0.2) is 77.3 Å². The van der Waals surface area contributed by atoms with Gasteiger partial charge in [-0.15, -0.1) is 12.6 Å². The van der Waals surface area contributed by atoms with Crippen molar-refractivity contribution in [3.63, 3.8) is 0 Å². The summed E-state index contributed by atoms with van der Waals surface area (Å²) in [7, 11) is -17.3. The fourth-order valence-electron chi connectivity index (χ4n) is 6.77. The van der Waals surface area contributed by atoms with E-state index in [1.54, 1.807) is 12.1 Å². The van der Waals surface area contributed by atoms with Gasteiger partial charge in [-0.1, -0.05) is 12.1 Å². The highest BCUT2D eigenvalue weighted by molar-refractivity contribution is 7.80. The van der Waals surface area contributed by atoms with E-state index >= 15 is 0 Å². The number of aliphatic hydroxyl groups excluding tert-OH is 2. The maximum absolute atomic E-state index is 13.2. The average molecular weight is 986 g/mol. The Bertz CT molecular complexity index is 2850. The molecule has 1 fully saturated rings. The van der Waals surface area contributed by atoms with Crippen LogP contribution in [0.25, 0.3) is 16.7 Å². The van der Waals surface area contributed by atoms with Crippen LogP contribution in [0.2, 0.25) is 0 Å². The second-order valence-corrected chi connectivity index (χ2v) is 18.6. The van der Waals surface area contributed by atoms with Crippen LogP contribution in [-0.4, -0.2) is 122 Å². The van der Waals surface area contributed by atoms with E-state index in [0.717, 1.165) is 17.0 Å². The maximum atomic E-state index is 13.2. The van der Waals surface area contributed by atoms with Crippen molar-refractivity contribution in [3.8, 4) is 11.5 Å². The number of rotatable bonds is 15. The molecular weight excluding hydrogens is 951 g/mol. The number of carboxylic acid groups (broad SMARTS) is 1. The van der Waals surface area contributed by atoms with Gasteiger partial charge in [-0.3, -0.25) is 13.9 Å². The lowest BCUT2D eigenvalue weighted by Crippen LogP contribution is -2.41. The quantitative estimate of drug-likeness (QED) is 0.0350. The number of carbonyl (C=O) groups is 3. The highest BCUT2D eigenvalue weighted by Crippen LogP contribution is 2.66. The summed E-state index contributed by atoms with van der Waals surface area (Å²) in [6.07, 6.45) is -3.49. The van der Waals surface area contributed by atoms with Crippen molar-refractivity contribution >= 4 is 76.8 Å². The molecule has 4 heterocycles. The van der Waals surface area contributed by atoms with Gasteiger partial charge >= 0.3 is 35.5 Å². The number of imidazole rings is 1. The number of aliphatic hydroxyl groups is 2. The Kier molecular flexibility index (Phi) is 13.3. The van der Waals surface area contributed by atoms with Crippen molar-refractivity contribution in [3.05, 3.63) is 94.5 Å². The van der Waals surface area contributed by atoms with Crippen LogP contribution in [0.1, 0.15) is 38.1 Å². The van der Waals surface area contributed by atoms with Crippen molar-refractivity contribution in [2.75, 3.05) is 25.4 Å². The summed E-state index contributed by atoms with van der Waals surface area (Å²) in [6, 6.07) is 8.21. The third-order valence-corrected chi connectivity index (χ3v) is 13.5. The van der Waals surface area contributed by atoms with Crippen LogP contribution in [0, 0.1) is 0 Å². The Morgan fingerprint density at radius 1 is 0.938 bits per heavy atom. The molecule has 31 heteroatoms. The zero-order chi connectivity index (χ0) is 47.2. The largest absolute Gasteiger partial charge is 0.508 e. The first-order chi connectivity index (χ1) is 30.5. The number of allylic oxidation sites excluding steroid dienone is 1. The molecule has 7 rings (SSSR count). The number of ether oxygens (including phenoxy) is 3. The zero-order valence-corrected chi connectivity index (χ0v) is 36.0. The van der Waals surface area contributed by atoms with Crippen molar-refractivity contribution in [2.24, 2.45) is 0 Å². The Morgan fingerprint density at radius 3 is 2.38 bits per heavy atom. The van der Waals surface area contributed by atoms with Crippen LogP contribution in [0.4, 0.5) is 10.7 Å². The molecule has 346 valence electrons. The second kappa shape index (κ2) is 18.3. The standard InChI is InChI=1S/C34H34N7O20P3S/c35-33-39-28-25(30(65)40-33)38-13-41(28)31-27(26(44)23(58-31)12-56-63(52,53)61-64(54,55)60-62(49,50)51)59-34(48)37-8-7-36-29(45)14-1-4-17(20(9-14)32(46)47)24-18-5-2-15(42)10-21(18)57-22-11-16(43)3-6-19(22)24/h1-6,9-11,13,21,23,26-27,31,42-44H,7-8,12H2,(H,36,45)(H,37,48)(H,46,47)(H,52,53)(H,54,55)(H2,49,50,51)(H3,35,39,40,65)/t21?,23-,26?,27+,31-/m1/s1. The molecule has 1 saturated heterocycles. The molecule has 12 N–H and O–H groups in total. The predicted molar refractivity (Wildman–Crippen MR) is 219 cm³/mol. The van der Waals surface area contributed by atoms with Gasteiger partial charge < -0.3 is 70.6 Å². The lowest BCUT2D eigenvalue weighted by atomic mass is 9.83. The van der Waals surface area contributed by atoms with Crippen molar-refractivity contribution in [1.29, 1.82) is 0 Å². The number of nitrogens with zero attached hydrogens (tertiary/aromatic N) is 4. The number of amides is 2. The molecule has 65 heavy (non-hydrogen) atoms. The van der Waals surface area contributed by atoms with Crippen molar-refractivity contribution in [2.45, 2.75) is 35.7 Å². The van der Waals surface area contributed by atoms with Gasteiger partial charge in [0.25, 0.3) is 5.91 Å². The first-order valence-corrected chi connectivity index (χ1v) is 23.2. The molecule has 2 aromatic heterocycles. The van der Waals surface area contributed by atoms with E-state index in [1.807, 2.05) is 0 Å². The van der Waals surface area contributed by atoms with Gasteiger partial charge in [0.15, 0.2) is 18.0 Å². The van der Waals surface area contributed by atoms with Crippen LogP contribution >= 0.6 is 36.1 Å². The van der Waals surface area contributed by atoms with Crippen LogP contribution in [-0.2, 0) is 36.3 Å². The SMILES string of the molecule is Nc1nc(S)c2ncn([C@@H]3O[C@H](COP(=O)(O)OP(=O)(O)OP(=O)(O)O)C(O)[C@@H]3OC(=O)NCCNC(=O)c3ccc(C4=C5C=CC(O)=CC5Oc5cc(O)ccc54)c(C(=O)O)c3)c2n1. The smallest absolute Gasteiger partial charge is 0.490 e. The summed E-state index contributed by atoms with van der Waals surface area (Å²) in [4.78, 5) is 88.0. The third-order valence-electron chi connectivity index (χ3n) is 9.37. The molecule has 0 bridgehead atoms. The van der Waals surface area contributed by atoms with Gasteiger partial charge in [-0.25, -0.2) is 33.3 Å². The molecule has 3 aliphatic rings. The number of carbonyl (C=O) groups excluding carboxylic acids is 2. The van der Waals surface area contributed by atoms with E-state index in [9.17, 15) is 58.3 Å². The average Bonchev–Trinajstić information content (AvgIpc) is 3.75. The Hall–Kier alpha value is -5.70. The topological polar surface area (TPSA) is 413 Å². The minimum Gasteiger partial charge on any atom is -0.508 e. The molecule has 1 aliphatic carbocycles. The van der Waals surface area contributed by atoms with Crippen molar-refractivity contribution < 1.29 is 95.4 Å². The predicted octanol–water partition coefficient (Wildman–Crippen LogP) is 1.80. The van der Waals surface area contributed by atoms with E-state index in [4.69, 9.17) is 29.7 Å². The van der Waals surface area contributed by atoms with Crippen LogP contribution in [0.3, 0.4) is 0 Å². The number of phenols is 1. The molecule has 2 amide bonds. The number of anilines is 1. The van der Waals surface area contributed by atoms with Gasteiger partial charge in [0.1, 0.15) is 46.1 Å². The van der Waals surface area contributed by atoms with E-state index in [-0.39, 0.29) is 69.2 Å². The van der Waals surface area contributed by atoms with Crippen molar-refractivity contribution in [1.82, 2.24) is 30.2 Å². The molecule has 27 nitrogen and oxygen atoms in total. The van der Waals surface area contributed by atoms with E-state index in [2.05, 4.69) is 51.4 Å². The number of fused-ring (bicyclic) bond motifs is 3. The van der Waals surface area contributed by atoms with Crippen LogP contribution < -0.4 is 21.1 Å². The molecule has 0 saturated carbocycles. The number of nitrogens with one attached hydrogen (secondary N) is 2. The fourth-order valence-corrected chi connectivity index (χ4v) is 10.1. The number of aromatic carboxylic acids is 1. The number of carboxylic acids is 1. The number of aromatic hydroxyl groups is 1. The maximum Gasteiger partial charge on any atom is 0.490 e. The normalized spacial score (nSPS) is 22.2. The summed E-state index contributed by atoms with van der Waals surface area (Å²) in [5, 5.41) is 46.5. The molecule has 0 spiro atoms. The number of nitrogen functional groups attached to an aromatic ring is 1. The second-order valence-electron chi connectivity index (χ2n) is 13.8. The number of nitrogens with two attached hydrogens (primary N) is 1. The molecule has 0 radical (unpaired) electrons. The Balaban J connectivity index is 1.03. The summed E-state index contributed by atoms with van der Waals surface area (Å²) in [5.41, 5.74) is 6.99. The van der Waals surface area contributed by atoms with Gasteiger partial charge in [-0.2, -0.15) is 13.6 Å². The lowest BCUT2D eigenvalue weighted by Gasteiger charge is -2.31. The molecule has 4 unspecified atom stereocenters. The summed E-state index contributed by atoms with van der Waals surface area (Å²) < 4.78 is 65.4. The van der Waals surface area contributed by atoms with Gasteiger partial charge in [0.2, 0.25) is 5.95 Å². The highest BCUT2D eigenvalue weighted by atomic mass is 32.1. The van der Waals surface area contributed by atoms with Crippen LogP contribution in [0.5, 0.6) is 11.5 Å². The number of phosphoric ester groups is 1. The fraction of sp³-hybridized carbons (Fsp3) is 0.235. The molecule has 4 aromatic rings. The zero-order valence-electron chi connectivity index (χ0n) is 32.4. The summed E-state index contributed by atoms with van der Waals surface area (Å²) in [5.74, 6) is -2.40. The van der Waals surface area contributed by atoms with E-state index in [1.165, 1.54) is 36.4 Å². The summed E-state index contributed by atoms with van der Waals surface area (Å²) >= 11 is 4.20. The van der Waals surface area contributed by atoms with Gasteiger partial charge in [-0.05, 0) is 35.9 Å². The Labute approximate surface area is 368 Å². The highest BCUT2D eigenvalue weighted by Gasteiger charge is 2.50. The van der Waals surface area contributed by atoms with E-state index in [0.29, 0.717) is 16.7 Å². The molecule has 2 aromatic carbocycles. The van der Waals surface area contributed by atoms with E-state index < -0.39 is 78.7 Å². The number of alkyl carbamates (subject to hydrolysis) is 1. The molecule has 2 aliphatic heterocycles. The number of hydrogen-bond acceptors (Lipinski definition) is 20.